The minimum Gasteiger partial charge on any atom is -0.455 e. The first-order chi connectivity index (χ1) is 34.2. The Labute approximate surface area is 409 Å². The van der Waals surface area contributed by atoms with Gasteiger partial charge in [-0.05, 0) is 136 Å². The molecular weight excluding hydrogens is 852 g/mol. The van der Waals surface area contributed by atoms with Crippen LogP contribution in [0.1, 0.15) is 75.5 Å². The number of rotatable bonds is 5. The van der Waals surface area contributed by atoms with Crippen molar-refractivity contribution in [2.24, 2.45) is 0 Å². The molecule has 1 aliphatic carbocycles. The van der Waals surface area contributed by atoms with Crippen LogP contribution in [-0.2, 0) is 5.41 Å². The van der Waals surface area contributed by atoms with E-state index in [-0.39, 0.29) is 12.1 Å². The summed E-state index contributed by atoms with van der Waals surface area (Å²) >= 11 is 0. The van der Waals surface area contributed by atoms with Crippen LogP contribution < -0.4 is 26.2 Å². The maximum atomic E-state index is 6.55. The van der Waals surface area contributed by atoms with Crippen molar-refractivity contribution in [1.82, 2.24) is 0 Å². The number of benzene rings is 9. The van der Waals surface area contributed by atoms with Gasteiger partial charge in [-0.3, -0.25) is 0 Å². The number of para-hydroxylation sites is 4. The summed E-state index contributed by atoms with van der Waals surface area (Å²) in [6, 6.07) is 67.8. The molecule has 0 atom stereocenters. The highest BCUT2D eigenvalue weighted by Gasteiger charge is 2.44. The maximum absolute atomic E-state index is 6.55. The molecule has 5 heteroatoms. The molecule has 4 heterocycles. The van der Waals surface area contributed by atoms with E-state index in [4.69, 9.17) is 8.83 Å². The highest BCUT2D eigenvalue weighted by Crippen LogP contribution is 2.48. The van der Waals surface area contributed by atoms with Crippen LogP contribution in [0.15, 0.2) is 191 Å². The number of anilines is 6. The Kier molecular flexibility index (Phi) is 9.21. The average Bonchev–Trinajstić information content (AvgIpc) is 3.97. The van der Waals surface area contributed by atoms with E-state index < -0.39 is 0 Å². The van der Waals surface area contributed by atoms with Gasteiger partial charge in [0.25, 0.3) is 6.71 Å². The van der Waals surface area contributed by atoms with Crippen LogP contribution in [0.25, 0.3) is 66.1 Å². The lowest BCUT2D eigenvalue weighted by atomic mass is 9.33. The predicted molar refractivity (Wildman–Crippen MR) is 295 cm³/mol. The first-order valence-electron chi connectivity index (χ1n) is 25.3. The molecule has 0 N–H and O–H groups in total. The van der Waals surface area contributed by atoms with Crippen molar-refractivity contribution in [3.05, 3.63) is 199 Å². The Morgan fingerprint density at radius 3 is 1.59 bits per heavy atom. The summed E-state index contributed by atoms with van der Waals surface area (Å²) in [5, 5.41) is 4.58. The molecule has 2 aliphatic heterocycles. The minimum absolute atomic E-state index is 0.0294. The molecule has 1 saturated carbocycles. The van der Waals surface area contributed by atoms with Crippen LogP contribution >= 0.6 is 0 Å². The number of hydrogen-bond donors (Lipinski definition) is 0. The number of hydrogen-bond acceptors (Lipinski definition) is 4. The third-order valence-corrected chi connectivity index (χ3v) is 15.9. The van der Waals surface area contributed by atoms with E-state index in [2.05, 4.69) is 207 Å². The zero-order chi connectivity index (χ0) is 46.8. The van der Waals surface area contributed by atoms with Gasteiger partial charge in [0.05, 0.1) is 0 Å². The van der Waals surface area contributed by atoms with Gasteiger partial charge in [-0.15, -0.1) is 0 Å². The first kappa shape index (κ1) is 41.2. The average molecular weight is 905 g/mol. The van der Waals surface area contributed by atoms with Gasteiger partial charge < -0.3 is 18.6 Å². The standard InChI is InChI=1S/C65H53BN2O2/c1-40-36-58-62-59(37-40)68(47-32-26-43(27-33-47)49-19-13-21-53-51-17-9-11-23-61(51)70-64(49)53)57-38-44(41-14-6-5-7-15-41)28-34-54(57)66(62)55-39-45(65(2,3)4)29-35-56(55)67(58)46-30-24-42(25-31-46)48-18-12-20-52-50-16-8-10-22-60(50)69-63(48)52/h8-13,16-39,41H,5-7,14-15H2,1-4H3. The number of fused-ring (bicyclic) bond motifs is 10. The quantitative estimate of drug-likeness (QED) is 0.161. The molecule has 3 aliphatic rings. The Morgan fingerprint density at radius 1 is 0.471 bits per heavy atom. The van der Waals surface area contributed by atoms with Crippen LogP contribution in [-0.4, -0.2) is 6.71 Å². The second kappa shape index (κ2) is 15.6. The monoisotopic (exact) mass is 904 g/mol. The van der Waals surface area contributed by atoms with Gasteiger partial charge in [-0.2, -0.15) is 0 Å². The molecule has 14 rings (SSSR count). The Morgan fingerprint density at radius 2 is 1.01 bits per heavy atom. The molecule has 2 aromatic heterocycles. The van der Waals surface area contributed by atoms with Crippen LogP contribution in [0.2, 0.25) is 0 Å². The molecule has 0 spiro atoms. The summed E-state index contributed by atoms with van der Waals surface area (Å²) < 4.78 is 13.1. The number of aryl methyl sites for hydroxylation is 1. The van der Waals surface area contributed by atoms with E-state index in [9.17, 15) is 0 Å². The van der Waals surface area contributed by atoms with Crippen molar-refractivity contribution in [3.8, 4) is 22.3 Å². The van der Waals surface area contributed by atoms with Crippen molar-refractivity contribution >= 4 is 101 Å². The summed E-state index contributed by atoms with van der Waals surface area (Å²) in [5.41, 5.74) is 23.5. The first-order valence-corrected chi connectivity index (χ1v) is 25.3. The zero-order valence-corrected chi connectivity index (χ0v) is 40.2. The fourth-order valence-electron chi connectivity index (χ4n) is 12.4. The SMILES string of the molecule is Cc1cc2c3c(c1)N(c1ccc(-c4cccc5c4oc4ccccc45)cc1)c1cc(C4CCCCC4)ccc1B3c1cc(C(C)(C)C)ccc1N2c1ccc(-c2cccc3c2oc2ccccc23)cc1. The molecule has 70 heavy (non-hydrogen) atoms. The molecule has 0 amide bonds. The maximum Gasteiger partial charge on any atom is 0.252 e. The normalized spacial score (nSPS) is 14.7. The fourth-order valence-corrected chi connectivity index (χ4v) is 12.4. The van der Waals surface area contributed by atoms with E-state index in [1.54, 1.807) is 0 Å². The molecule has 4 nitrogen and oxygen atoms in total. The summed E-state index contributed by atoms with van der Waals surface area (Å²) in [6.45, 7) is 9.32. The van der Waals surface area contributed by atoms with E-state index in [0.29, 0.717) is 5.92 Å². The van der Waals surface area contributed by atoms with Crippen molar-refractivity contribution in [3.63, 3.8) is 0 Å². The van der Waals surface area contributed by atoms with E-state index >= 15 is 0 Å². The van der Waals surface area contributed by atoms with Crippen LogP contribution in [0, 0.1) is 6.92 Å². The van der Waals surface area contributed by atoms with Crippen LogP contribution in [0.3, 0.4) is 0 Å². The molecule has 9 aromatic carbocycles. The van der Waals surface area contributed by atoms with Gasteiger partial charge in [0.1, 0.15) is 22.3 Å². The molecule has 0 unspecified atom stereocenters. The smallest absolute Gasteiger partial charge is 0.252 e. The van der Waals surface area contributed by atoms with E-state index in [1.807, 2.05) is 12.1 Å². The molecular formula is C65H53BN2O2. The molecule has 338 valence electrons. The highest BCUT2D eigenvalue weighted by molar-refractivity contribution is 7.00. The second-order valence-corrected chi connectivity index (χ2v) is 21.2. The van der Waals surface area contributed by atoms with Gasteiger partial charge in [-0.25, -0.2) is 0 Å². The topological polar surface area (TPSA) is 32.8 Å². The number of furan rings is 2. The van der Waals surface area contributed by atoms with Gasteiger partial charge in [0.2, 0.25) is 0 Å². The summed E-state index contributed by atoms with van der Waals surface area (Å²) in [5.74, 6) is 0.575. The van der Waals surface area contributed by atoms with Crippen LogP contribution in [0.5, 0.6) is 0 Å². The van der Waals surface area contributed by atoms with Crippen molar-refractivity contribution in [2.45, 2.75) is 71.1 Å². The Bertz CT molecular complexity index is 3880. The molecule has 1 fully saturated rings. The third kappa shape index (κ3) is 6.37. The summed E-state index contributed by atoms with van der Waals surface area (Å²) in [6.07, 6.45) is 6.44. The molecule has 11 aromatic rings. The fraction of sp³-hybridized carbons (Fsp3) is 0.169. The van der Waals surface area contributed by atoms with Gasteiger partial charge in [0, 0.05) is 66.8 Å². The van der Waals surface area contributed by atoms with Crippen LogP contribution in [0.4, 0.5) is 34.1 Å². The van der Waals surface area contributed by atoms with Gasteiger partial charge in [-0.1, -0.05) is 161 Å². The van der Waals surface area contributed by atoms with E-state index in [1.165, 1.54) is 87.9 Å². The molecule has 0 bridgehead atoms. The van der Waals surface area contributed by atoms with Gasteiger partial charge in [0.15, 0.2) is 0 Å². The van der Waals surface area contributed by atoms with Crippen molar-refractivity contribution < 1.29 is 8.83 Å². The zero-order valence-electron chi connectivity index (χ0n) is 40.2. The lowest BCUT2D eigenvalue weighted by Crippen LogP contribution is -2.61. The van der Waals surface area contributed by atoms with E-state index in [0.717, 1.165) is 77.5 Å². The Balaban J connectivity index is 0.955. The lowest BCUT2D eigenvalue weighted by Gasteiger charge is -2.45. The molecule has 0 saturated heterocycles. The minimum atomic E-state index is -0.0294. The summed E-state index contributed by atoms with van der Waals surface area (Å²) in [7, 11) is 0. The van der Waals surface area contributed by atoms with Gasteiger partial charge >= 0.3 is 0 Å². The second-order valence-electron chi connectivity index (χ2n) is 21.2. The third-order valence-electron chi connectivity index (χ3n) is 15.9. The largest absolute Gasteiger partial charge is 0.455 e. The highest BCUT2D eigenvalue weighted by atomic mass is 16.3. The lowest BCUT2D eigenvalue weighted by molar-refractivity contribution is 0.444. The van der Waals surface area contributed by atoms with Crippen molar-refractivity contribution in [1.29, 1.82) is 0 Å². The predicted octanol–water partition coefficient (Wildman–Crippen LogP) is 16.6. The Hall–Kier alpha value is -7.76. The number of nitrogens with zero attached hydrogens (tertiary/aromatic N) is 2. The summed E-state index contributed by atoms with van der Waals surface area (Å²) in [4.78, 5) is 5.12. The molecule has 0 radical (unpaired) electrons. The van der Waals surface area contributed by atoms with Crippen molar-refractivity contribution in [2.75, 3.05) is 9.80 Å².